The predicted octanol–water partition coefficient (Wildman–Crippen LogP) is 5.48. The second-order valence-electron chi connectivity index (χ2n) is 10.2. The maximum atomic E-state index is 6.46. The van der Waals surface area contributed by atoms with E-state index in [1.165, 1.54) is 57.8 Å². The zero-order valence-corrected chi connectivity index (χ0v) is 20.9. The number of aliphatic imine (C=N–C) groups is 1. The molecule has 0 spiro atoms. The Bertz CT molecular complexity index is 762. The molecular formula is C25H39Cl2N5. The minimum atomic E-state index is 0.388. The molecule has 3 N–H and O–H groups in total. The van der Waals surface area contributed by atoms with Crippen LogP contribution in [-0.4, -0.2) is 61.1 Å². The van der Waals surface area contributed by atoms with Gasteiger partial charge >= 0.3 is 0 Å². The molecule has 2 saturated carbocycles. The minimum Gasteiger partial charge on any atom is -0.340 e. The summed E-state index contributed by atoms with van der Waals surface area (Å²) < 4.78 is 0. The number of benzene rings is 1. The van der Waals surface area contributed by atoms with Gasteiger partial charge in [-0.3, -0.25) is 0 Å². The number of halogens is 2. The van der Waals surface area contributed by atoms with Gasteiger partial charge in [0, 0.05) is 37.2 Å². The van der Waals surface area contributed by atoms with Crippen molar-refractivity contribution in [2.45, 2.75) is 69.9 Å². The highest BCUT2D eigenvalue weighted by molar-refractivity contribution is 6.36. The number of hydrogen-bond acceptors (Lipinski definition) is 3. The number of guanidine groups is 1. The fourth-order valence-corrected chi connectivity index (χ4v) is 5.96. The highest BCUT2D eigenvalue weighted by Gasteiger charge is 2.27. The maximum Gasteiger partial charge on any atom is 0.198 e. The summed E-state index contributed by atoms with van der Waals surface area (Å²) in [7, 11) is 2.18. The van der Waals surface area contributed by atoms with E-state index in [1.54, 1.807) is 6.07 Å². The van der Waals surface area contributed by atoms with Crippen LogP contribution in [0.2, 0.25) is 10.0 Å². The molecule has 0 unspecified atom stereocenters. The van der Waals surface area contributed by atoms with E-state index in [-0.39, 0.29) is 0 Å². The highest BCUT2D eigenvalue weighted by atomic mass is 35.5. The second-order valence-corrected chi connectivity index (χ2v) is 11.0. The summed E-state index contributed by atoms with van der Waals surface area (Å²) >= 11 is 12.6. The summed E-state index contributed by atoms with van der Waals surface area (Å²) in [6, 6.07) is 6.45. The Hall–Kier alpha value is -1.01. The van der Waals surface area contributed by atoms with Gasteiger partial charge in [-0.05, 0) is 94.9 Å². The van der Waals surface area contributed by atoms with Gasteiger partial charge in [-0.2, -0.15) is 0 Å². The Morgan fingerprint density at radius 2 is 1.59 bits per heavy atom. The first-order chi connectivity index (χ1) is 15.5. The van der Waals surface area contributed by atoms with E-state index in [1.807, 2.05) is 12.1 Å². The lowest BCUT2D eigenvalue weighted by Crippen LogP contribution is -2.49. The molecule has 3 fully saturated rings. The second kappa shape index (κ2) is 11.4. The molecule has 7 heteroatoms. The lowest BCUT2D eigenvalue weighted by molar-refractivity contribution is 0.211. The first-order valence-corrected chi connectivity index (χ1v) is 13.2. The number of piperazine rings is 1. The van der Waals surface area contributed by atoms with Crippen molar-refractivity contribution in [3.05, 3.63) is 28.2 Å². The summed E-state index contributed by atoms with van der Waals surface area (Å²) in [6.45, 7) is 4.05. The number of nitrogens with one attached hydrogen (secondary N) is 1. The zero-order valence-electron chi connectivity index (χ0n) is 19.4. The summed E-state index contributed by atoms with van der Waals surface area (Å²) in [5.41, 5.74) is 6.97. The normalized spacial score (nSPS) is 30.4. The molecule has 0 aromatic heterocycles. The van der Waals surface area contributed by atoms with Crippen molar-refractivity contribution in [2.24, 2.45) is 22.6 Å². The van der Waals surface area contributed by atoms with Gasteiger partial charge in [0.25, 0.3) is 0 Å². The number of nitrogens with two attached hydrogens (primary N) is 1. The molecule has 1 saturated heterocycles. The van der Waals surface area contributed by atoms with Gasteiger partial charge in [-0.1, -0.05) is 23.2 Å². The molecular weight excluding hydrogens is 441 g/mol. The number of likely N-dealkylation sites (N-methyl/N-ethyl adjacent to an activating group) is 1. The Morgan fingerprint density at radius 1 is 0.969 bits per heavy atom. The van der Waals surface area contributed by atoms with Crippen molar-refractivity contribution < 1.29 is 0 Å². The smallest absolute Gasteiger partial charge is 0.198 e. The lowest BCUT2D eigenvalue weighted by atomic mass is 9.76. The van der Waals surface area contributed by atoms with E-state index in [0.717, 1.165) is 49.7 Å². The molecule has 0 radical (unpaired) electrons. The third kappa shape index (κ3) is 6.75. The fraction of sp³-hybridized carbons (Fsp3) is 0.720. The number of nitrogens with zero attached hydrogens (tertiary/aromatic N) is 3. The average Bonchev–Trinajstić information content (AvgIpc) is 2.78. The van der Waals surface area contributed by atoms with E-state index >= 15 is 0 Å². The Balaban J connectivity index is 1.38. The van der Waals surface area contributed by atoms with Crippen LogP contribution in [0, 0.1) is 11.8 Å². The van der Waals surface area contributed by atoms with Gasteiger partial charge < -0.3 is 20.9 Å². The van der Waals surface area contributed by atoms with E-state index < -0.39 is 0 Å². The SMILES string of the molecule is CN1CCN(C(=NC2CCC(CC3CCC(N)CC3)CC2)Nc2ccc(Cl)cc2Cl)CC1. The first-order valence-electron chi connectivity index (χ1n) is 12.4. The van der Waals surface area contributed by atoms with E-state index in [2.05, 4.69) is 22.2 Å². The number of anilines is 1. The zero-order chi connectivity index (χ0) is 22.5. The molecule has 0 atom stereocenters. The minimum absolute atomic E-state index is 0.388. The lowest BCUT2D eigenvalue weighted by Gasteiger charge is -2.36. The van der Waals surface area contributed by atoms with Crippen LogP contribution >= 0.6 is 23.2 Å². The fourth-order valence-electron chi connectivity index (χ4n) is 5.50. The van der Waals surface area contributed by atoms with Crippen molar-refractivity contribution in [1.29, 1.82) is 0 Å². The van der Waals surface area contributed by atoms with Crippen molar-refractivity contribution >= 4 is 34.8 Å². The monoisotopic (exact) mass is 479 g/mol. The Labute approximate surface area is 203 Å². The maximum absolute atomic E-state index is 6.46. The Kier molecular flexibility index (Phi) is 8.61. The van der Waals surface area contributed by atoms with Gasteiger partial charge in [0.2, 0.25) is 0 Å². The summed E-state index contributed by atoms with van der Waals surface area (Å²) in [6.07, 6.45) is 11.5. The van der Waals surface area contributed by atoms with Crippen molar-refractivity contribution in [1.82, 2.24) is 9.80 Å². The molecule has 1 heterocycles. The van der Waals surface area contributed by atoms with Crippen LogP contribution in [0.25, 0.3) is 0 Å². The molecule has 2 aliphatic carbocycles. The van der Waals surface area contributed by atoms with Gasteiger partial charge in [-0.25, -0.2) is 4.99 Å². The number of hydrogen-bond donors (Lipinski definition) is 2. The van der Waals surface area contributed by atoms with Crippen LogP contribution < -0.4 is 11.1 Å². The third-order valence-electron chi connectivity index (χ3n) is 7.66. The third-order valence-corrected chi connectivity index (χ3v) is 8.21. The van der Waals surface area contributed by atoms with Crippen LogP contribution in [0.3, 0.4) is 0 Å². The molecule has 3 aliphatic rings. The first kappa shape index (κ1) is 24.1. The predicted molar refractivity (Wildman–Crippen MR) is 137 cm³/mol. The molecule has 32 heavy (non-hydrogen) atoms. The van der Waals surface area contributed by atoms with Gasteiger partial charge in [-0.15, -0.1) is 0 Å². The Morgan fingerprint density at radius 3 is 2.22 bits per heavy atom. The summed E-state index contributed by atoms with van der Waals surface area (Å²) in [5.74, 6) is 2.73. The van der Waals surface area contributed by atoms with Crippen LogP contribution in [0.15, 0.2) is 23.2 Å². The molecule has 178 valence electrons. The number of rotatable bonds is 4. The largest absolute Gasteiger partial charge is 0.340 e. The highest BCUT2D eigenvalue weighted by Crippen LogP contribution is 2.36. The summed E-state index contributed by atoms with van der Waals surface area (Å²) in [5, 5.41) is 4.83. The topological polar surface area (TPSA) is 56.9 Å². The van der Waals surface area contributed by atoms with Gasteiger partial charge in [0.15, 0.2) is 5.96 Å². The quantitative estimate of drug-likeness (QED) is 0.443. The van der Waals surface area contributed by atoms with Gasteiger partial charge in [0.1, 0.15) is 0 Å². The van der Waals surface area contributed by atoms with E-state index in [4.69, 9.17) is 33.9 Å². The molecule has 1 aromatic carbocycles. The van der Waals surface area contributed by atoms with Crippen LogP contribution in [-0.2, 0) is 0 Å². The van der Waals surface area contributed by atoms with Crippen LogP contribution in [0.4, 0.5) is 5.69 Å². The van der Waals surface area contributed by atoms with Crippen molar-refractivity contribution in [2.75, 3.05) is 38.5 Å². The molecule has 1 aromatic rings. The van der Waals surface area contributed by atoms with E-state index in [9.17, 15) is 0 Å². The van der Waals surface area contributed by atoms with E-state index in [0.29, 0.717) is 22.1 Å². The standard InChI is InChI=1S/C25H39Cl2N5/c1-31-12-14-32(15-13-31)25(30-24-11-6-20(26)17-23(24)27)29-22-9-4-19(5-10-22)16-18-2-7-21(28)8-3-18/h6,11,17-19,21-22H,2-5,7-10,12-16,28H2,1H3,(H,29,30). The van der Waals surface area contributed by atoms with Gasteiger partial charge in [0.05, 0.1) is 16.8 Å². The molecule has 1 aliphatic heterocycles. The van der Waals surface area contributed by atoms with Crippen LogP contribution in [0.1, 0.15) is 57.8 Å². The summed E-state index contributed by atoms with van der Waals surface area (Å²) in [4.78, 5) is 9.98. The van der Waals surface area contributed by atoms with Crippen LogP contribution in [0.5, 0.6) is 0 Å². The molecule has 5 nitrogen and oxygen atoms in total. The molecule has 0 amide bonds. The van der Waals surface area contributed by atoms with Crippen molar-refractivity contribution in [3.8, 4) is 0 Å². The van der Waals surface area contributed by atoms with Crippen molar-refractivity contribution in [3.63, 3.8) is 0 Å². The molecule has 4 rings (SSSR count). The average molecular weight is 481 g/mol. The molecule has 0 bridgehead atoms.